The summed E-state index contributed by atoms with van der Waals surface area (Å²) in [5, 5.41) is 9.49. The number of amides is 1. The molecule has 2 saturated heterocycles. The molecule has 6 heteroatoms. The molecule has 24 heavy (non-hydrogen) atoms. The highest BCUT2D eigenvalue weighted by Crippen LogP contribution is 2.31. The summed E-state index contributed by atoms with van der Waals surface area (Å²) in [7, 11) is 0. The van der Waals surface area contributed by atoms with Crippen molar-refractivity contribution in [2.75, 3.05) is 37.6 Å². The third-order valence-electron chi connectivity index (χ3n) is 5.30. The van der Waals surface area contributed by atoms with Crippen molar-refractivity contribution < 1.29 is 4.79 Å². The fraction of sp³-hybridized carbons (Fsp3) is 0.611. The van der Waals surface area contributed by atoms with Crippen molar-refractivity contribution in [3.63, 3.8) is 0 Å². The maximum atomic E-state index is 13.1. The van der Waals surface area contributed by atoms with E-state index in [2.05, 4.69) is 20.9 Å². The Balaban J connectivity index is 1.53. The molecule has 0 spiro atoms. The summed E-state index contributed by atoms with van der Waals surface area (Å²) < 4.78 is 0. The molecule has 6 nitrogen and oxygen atoms in total. The molecule has 0 aromatic carbocycles. The minimum absolute atomic E-state index is 0.0145. The molecular weight excluding hydrogens is 302 g/mol. The van der Waals surface area contributed by atoms with Gasteiger partial charge in [0, 0.05) is 45.0 Å². The molecule has 3 aliphatic rings. The van der Waals surface area contributed by atoms with Gasteiger partial charge in [-0.1, -0.05) is 0 Å². The Kier molecular flexibility index (Phi) is 4.11. The quantitative estimate of drug-likeness (QED) is 0.842. The van der Waals surface area contributed by atoms with E-state index in [1.54, 1.807) is 6.20 Å². The molecule has 1 unspecified atom stereocenters. The molecule has 3 heterocycles. The maximum Gasteiger partial charge on any atom is 0.257 e. The predicted octanol–water partition coefficient (Wildman–Crippen LogP) is 1.49. The molecule has 1 amide bonds. The maximum absolute atomic E-state index is 13.1. The smallest absolute Gasteiger partial charge is 0.257 e. The van der Waals surface area contributed by atoms with Gasteiger partial charge in [-0.3, -0.25) is 9.69 Å². The number of hydrogen-bond donors (Lipinski definition) is 0. The minimum atomic E-state index is -0.179. The van der Waals surface area contributed by atoms with Gasteiger partial charge >= 0.3 is 0 Å². The van der Waals surface area contributed by atoms with E-state index < -0.39 is 0 Å². The number of piperazine rings is 1. The van der Waals surface area contributed by atoms with E-state index >= 15 is 0 Å². The van der Waals surface area contributed by atoms with Crippen LogP contribution in [0.3, 0.4) is 0 Å². The SMILES string of the molecule is N#CC1CN(C(=O)c2cccnc2N2CCCC2)CCN1C1CC1. The van der Waals surface area contributed by atoms with Crippen LogP contribution in [0, 0.1) is 11.3 Å². The first kappa shape index (κ1) is 15.4. The topological polar surface area (TPSA) is 63.5 Å². The standard InChI is InChI=1S/C18H23N5O/c19-12-15-13-22(10-11-23(15)14-5-6-14)18(24)16-4-3-7-20-17(16)21-8-1-2-9-21/h3-4,7,14-15H,1-2,5-6,8-11,13H2. The molecule has 1 aromatic rings. The average Bonchev–Trinajstić information content (AvgIpc) is 3.34. The van der Waals surface area contributed by atoms with Gasteiger partial charge in [0.2, 0.25) is 0 Å². The largest absolute Gasteiger partial charge is 0.356 e. The molecule has 1 saturated carbocycles. The molecule has 126 valence electrons. The number of carbonyl (C=O) groups is 1. The second kappa shape index (κ2) is 6.40. The van der Waals surface area contributed by atoms with Crippen molar-refractivity contribution in [2.24, 2.45) is 0 Å². The van der Waals surface area contributed by atoms with Crippen LogP contribution in [0.5, 0.6) is 0 Å². The van der Waals surface area contributed by atoms with Gasteiger partial charge in [-0.05, 0) is 37.8 Å². The molecule has 1 atom stereocenters. The first-order valence-corrected chi connectivity index (χ1v) is 8.92. The summed E-state index contributed by atoms with van der Waals surface area (Å²) in [6, 6.07) is 6.47. The van der Waals surface area contributed by atoms with Crippen LogP contribution < -0.4 is 4.90 Å². The summed E-state index contributed by atoms with van der Waals surface area (Å²) in [5.41, 5.74) is 0.677. The molecule has 4 rings (SSSR count). The number of nitriles is 1. The Morgan fingerprint density at radius 1 is 1.21 bits per heavy atom. The Morgan fingerprint density at radius 2 is 2.00 bits per heavy atom. The second-order valence-electron chi connectivity index (χ2n) is 6.93. The molecular formula is C18H23N5O. The highest BCUT2D eigenvalue weighted by molar-refractivity contribution is 5.99. The number of nitrogens with zero attached hydrogens (tertiary/aromatic N) is 5. The lowest BCUT2D eigenvalue weighted by Crippen LogP contribution is -2.55. The van der Waals surface area contributed by atoms with E-state index in [0.717, 1.165) is 38.3 Å². The third-order valence-corrected chi connectivity index (χ3v) is 5.30. The van der Waals surface area contributed by atoms with Gasteiger partial charge in [-0.2, -0.15) is 5.26 Å². The van der Waals surface area contributed by atoms with E-state index in [9.17, 15) is 10.1 Å². The van der Waals surface area contributed by atoms with Crippen LogP contribution >= 0.6 is 0 Å². The zero-order valence-electron chi connectivity index (χ0n) is 13.9. The van der Waals surface area contributed by atoms with Gasteiger partial charge < -0.3 is 9.80 Å². The lowest BCUT2D eigenvalue weighted by atomic mass is 10.1. The lowest BCUT2D eigenvalue weighted by molar-refractivity contribution is 0.0551. The van der Waals surface area contributed by atoms with E-state index in [0.29, 0.717) is 24.7 Å². The highest BCUT2D eigenvalue weighted by atomic mass is 16.2. The minimum Gasteiger partial charge on any atom is -0.356 e. The first-order chi connectivity index (χ1) is 11.8. The van der Waals surface area contributed by atoms with Crippen molar-refractivity contribution >= 4 is 11.7 Å². The summed E-state index contributed by atoms with van der Waals surface area (Å²) in [6.07, 6.45) is 6.44. The molecule has 2 aliphatic heterocycles. The Morgan fingerprint density at radius 3 is 2.71 bits per heavy atom. The van der Waals surface area contributed by atoms with E-state index in [1.807, 2.05) is 17.0 Å². The van der Waals surface area contributed by atoms with Gasteiger partial charge in [0.1, 0.15) is 11.9 Å². The molecule has 3 fully saturated rings. The normalized spacial score (nSPS) is 24.9. The molecule has 0 radical (unpaired) electrons. The Hall–Kier alpha value is -2.13. The zero-order valence-corrected chi connectivity index (χ0v) is 13.9. The molecule has 0 N–H and O–H groups in total. The van der Waals surface area contributed by atoms with Crippen LogP contribution in [0.25, 0.3) is 0 Å². The van der Waals surface area contributed by atoms with Crippen LogP contribution in [0.15, 0.2) is 18.3 Å². The van der Waals surface area contributed by atoms with Gasteiger partial charge in [0.25, 0.3) is 5.91 Å². The van der Waals surface area contributed by atoms with Gasteiger partial charge in [0.15, 0.2) is 0 Å². The number of pyridine rings is 1. The van der Waals surface area contributed by atoms with Crippen molar-refractivity contribution in [3.05, 3.63) is 23.9 Å². The van der Waals surface area contributed by atoms with Crippen LogP contribution in [0.2, 0.25) is 0 Å². The summed E-state index contributed by atoms with van der Waals surface area (Å²) in [4.78, 5) is 23.8. The number of rotatable bonds is 3. The van der Waals surface area contributed by atoms with Crippen molar-refractivity contribution in [1.29, 1.82) is 5.26 Å². The fourth-order valence-electron chi connectivity index (χ4n) is 3.85. The van der Waals surface area contributed by atoms with Crippen LogP contribution in [0.4, 0.5) is 5.82 Å². The van der Waals surface area contributed by atoms with Gasteiger partial charge in [0.05, 0.1) is 11.6 Å². The number of carbonyl (C=O) groups excluding carboxylic acids is 1. The predicted molar refractivity (Wildman–Crippen MR) is 90.7 cm³/mol. The Labute approximate surface area is 142 Å². The van der Waals surface area contributed by atoms with Crippen LogP contribution in [0.1, 0.15) is 36.0 Å². The summed E-state index contributed by atoms with van der Waals surface area (Å²) in [5.74, 6) is 0.818. The van der Waals surface area contributed by atoms with Crippen LogP contribution in [-0.4, -0.2) is 65.5 Å². The summed E-state index contributed by atoms with van der Waals surface area (Å²) in [6.45, 7) is 3.93. The van der Waals surface area contributed by atoms with E-state index in [-0.39, 0.29) is 11.9 Å². The number of anilines is 1. The van der Waals surface area contributed by atoms with Crippen molar-refractivity contribution in [2.45, 2.75) is 37.8 Å². The van der Waals surface area contributed by atoms with Crippen molar-refractivity contribution in [1.82, 2.24) is 14.8 Å². The van der Waals surface area contributed by atoms with E-state index in [4.69, 9.17) is 0 Å². The van der Waals surface area contributed by atoms with E-state index in [1.165, 1.54) is 12.8 Å². The summed E-state index contributed by atoms with van der Waals surface area (Å²) >= 11 is 0. The lowest BCUT2D eigenvalue weighted by Gasteiger charge is -2.38. The number of hydrogen-bond acceptors (Lipinski definition) is 5. The van der Waals surface area contributed by atoms with Gasteiger partial charge in [-0.15, -0.1) is 0 Å². The Bertz CT molecular complexity index is 660. The van der Waals surface area contributed by atoms with Crippen molar-refractivity contribution in [3.8, 4) is 6.07 Å². The zero-order chi connectivity index (χ0) is 16.5. The highest BCUT2D eigenvalue weighted by Gasteiger charge is 2.39. The number of aromatic nitrogens is 1. The van der Waals surface area contributed by atoms with Gasteiger partial charge in [-0.25, -0.2) is 4.98 Å². The monoisotopic (exact) mass is 325 g/mol. The van der Waals surface area contributed by atoms with Crippen LogP contribution in [-0.2, 0) is 0 Å². The fourth-order valence-corrected chi connectivity index (χ4v) is 3.85. The molecule has 1 aromatic heterocycles. The first-order valence-electron chi connectivity index (χ1n) is 8.92. The average molecular weight is 325 g/mol. The molecule has 0 bridgehead atoms. The third kappa shape index (κ3) is 2.84. The molecule has 1 aliphatic carbocycles. The second-order valence-corrected chi connectivity index (χ2v) is 6.93.